The van der Waals surface area contributed by atoms with Crippen LogP contribution in [0.15, 0.2) is 4.99 Å². The van der Waals surface area contributed by atoms with Crippen molar-refractivity contribution in [1.82, 2.24) is 0 Å². The highest BCUT2D eigenvalue weighted by Crippen LogP contribution is 1.97. The first-order valence-corrected chi connectivity index (χ1v) is 1.81. The van der Waals surface area contributed by atoms with Crippen LogP contribution < -0.4 is 0 Å². The molecule has 0 fully saturated rings. The average molecular weight is 97.1 g/mol. The molecule has 0 saturated heterocycles. The second-order valence-electron chi connectivity index (χ2n) is 1.13. The number of rotatable bonds is 0. The van der Waals surface area contributed by atoms with Gasteiger partial charge in [-0.2, -0.15) is 0 Å². The molecule has 0 aromatic rings. The zero-order valence-corrected chi connectivity index (χ0v) is 3.76. The van der Waals surface area contributed by atoms with Crippen molar-refractivity contribution in [1.29, 1.82) is 0 Å². The third-order valence-corrected chi connectivity index (χ3v) is 0.545. The van der Waals surface area contributed by atoms with Crippen LogP contribution in [0.2, 0.25) is 0 Å². The van der Waals surface area contributed by atoms with Crippen molar-refractivity contribution in [3.63, 3.8) is 0 Å². The van der Waals surface area contributed by atoms with Gasteiger partial charge in [0, 0.05) is 6.92 Å². The number of hydrogen-bond donors (Lipinski definition) is 0. The van der Waals surface area contributed by atoms with Crippen molar-refractivity contribution in [2.45, 2.75) is 6.92 Å². The van der Waals surface area contributed by atoms with Gasteiger partial charge in [0.2, 0.25) is 6.54 Å². The topological polar surface area (TPSA) is 38.7 Å². The fourth-order valence-electron chi connectivity index (χ4n) is 0.304. The second kappa shape index (κ2) is 1.33. The van der Waals surface area contributed by atoms with Gasteiger partial charge in [0.05, 0.1) is 0 Å². The number of ether oxygens (including phenoxy) is 1. The van der Waals surface area contributed by atoms with Gasteiger partial charge in [-0.25, -0.2) is 9.79 Å². The minimum absolute atomic E-state index is 0.366. The number of carbonyl (C=O) groups is 1. The SMILES string of the molecule is CC1=N[C]C(=O)O1. The van der Waals surface area contributed by atoms with E-state index in [1.807, 2.05) is 0 Å². The van der Waals surface area contributed by atoms with E-state index in [0.717, 1.165) is 0 Å². The fourth-order valence-corrected chi connectivity index (χ4v) is 0.304. The molecule has 0 bridgehead atoms. The predicted octanol–water partition coefficient (Wildman–Crippen LogP) is 0.000390. The molecule has 2 radical (unpaired) electrons. The van der Waals surface area contributed by atoms with Gasteiger partial charge in [-0.1, -0.05) is 0 Å². The van der Waals surface area contributed by atoms with Crippen LogP contribution in [0.1, 0.15) is 6.92 Å². The normalized spacial score (nSPS) is 19.0. The highest BCUT2D eigenvalue weighted by molar-refractivity contribution is 5.97. The van der Waals surface area contributed by atoms with Crippen molar-refractivity contribution in [3.8, 4) is 0 Å². The molecule has 0 amide bonds. The predicted molar refractivity (Wildman–Crippen MR) is 22.4 cm³/mol. The lowest BCUT2D eigenvalue weighted by Crippen LogP contribution is -1.97. The van der Waals surface area contributed by atoms with Crippen LogP contribution in [0.5, 0.6) is 0 Å². The first kappa shape index (κ1) is 4.30. The summed E-state index contributed by atoms with van der Waals surface area (Å²) in [6.07, 6.45) is 0. The van der Waals surface area contributed by atoms with Crippen molar-refractivity contribution >= 4 is 11.9 Å². The summed E-state index contributed by atoms with van der Waals surface area (Å²) in [5.74, 6) is -0.137. The van der Waals surface area contributed by atoms with Crippen LogP contribution in [0.4, 0.5) is 0 Å². The molecule has 0 aromatic heterocycles. The van der Waals surface area contributed by atoms with E-state index in [-0.39, 0.29) is 0 Å². The summed E-state index contributed by atoms with van der Waals surface area (Å²) >= 11 is 0. The monoisotopic (exact) mass is 97.0 g/mol. The molecule has 7 heavy (non-hydrogen) atoms. The van der Waals surface area contributed by atoms with Gasteiger partial charge in [-0.3, -0.25) is 0 Å². The zero-order chi connectivity index (χ0) is 5.28. The Morgan fingerprint density at radius 1 is 1.86 bits per heavy atom. The molecule has 0 unspecified atom stereocenters. The molecule has 1 aliphatic rings. The van der Waals surface area contributed by atoms with E-state index in [4.69, 9.17) is 0 Å². The summed E-state index contributed by atoms with van der Waals surface area (Å²) in [7, 11) is 0. The third kappa shape index (κ3) is 0.765. The summed E-state index contributed by atoms with van der Waals surface area (Å²) < 4.78 is 4.36. The Morgan fingerprint density at radius 2 is 2.57 bits per heavy atom. The number of carbonyl (C=O) groups excluding carboxylic acids is 1. The quantitative estimate of drug-likeness (QED) is 0.399. The Bertz CT molecular complexity index is 128. The smallest absolute Gasteiger partial charge is 0.347 e. The van der Waals surface area contributed by atoms with Crippen LogP contribution in [-0.2, 0) is 9.53 Å². The first-order valence-electron chi connectivity index (χ1n) is 1.81. The summed E-state index contributed by atoms with van der Waals surface area (Å²) in [5.41, 5.74) is 0. The number of esters is 1. The molecule has 0 N–H and O–H groups in total. The highest BCUT2D eigenvalue weighted by atomic mass is 16.5. The van der Waals surface area contributed by atoms with E-state index in [2.05, 4.69) is 16.3 Å². The largest absolute Gasteiger partial charge is 0.410 e. The lowest BCUT2D eigenvalue weighted by Gasteiger charge is -1.83. The maximum absolute atomic E-state index is 10.0. The summed E-state index contributed by atoms with van der Waals surface area (Å²) in [5, 5.41) is 0. The van der Waals surface area contributed by atoms with E-state index in [9.17, 15) is 4.79 Å². The Balaban J connectivity index is 2.58. The highest BCUT2D eigenvalue weighted by Gasteiger charge is 2.12. The van der Waals surface area contributed by atoms with E-state index >= 15 is 0 Å². The summed E-state index contributed by atoms with van der Waals surface area (Å²) in [4.78, 5) is 13.4. The molecule has 0 aliphatic carbocycles. The maximum atomic E-state index is 10.0. The summed E-state index contributed by atoms with van der Waals surface area (Å²) in [6, 6.07) is 0. The molecule has 0 atom stereocenters. The minimum Gasteiger partial charge on any atom is -0.410 e. The molecule has 0 saturated carbocycles. The number of hydrogen-bond acceptors (Lipinski definition) is 3. The van der Waals surface area contributed by atoms with Gasteiger partial charge in [-0.15, -0.1) is 0 Å². The second-order valence-corrected chi connectivity index (χ2v) is 1.13. The number of aliphatic imine (C=N–C) groups is 1. The standard InChI is InChI=1S/C4H3NO2/c1-3-5-2-4(6)7-3/h1H3. The molecule has 1 rings (SSSR count). The molecule has 3 heteroatoms. The third-order valence-electron chi connectivity index (χ3n) is 0.545. The van der Waals surface area contributed by atoms with Gasteiger partial charge in [0.15, 0.2) is 5.90 Å². The summed E-state index contributed by atoms with van der Waals surface area (Å²) in [6.45, 7) is 3.69. The molecule has 3 nitrogen and oxygen atoms in total. The molecule has 1 heterocycles. The molecule has 1 aliphatic heterocycles. The lowest BCUT2D eigenvalue weighted by molar-refractivity contribution is -0.130. The first-order chi connectivity index (χ1) is 3.29. The van der Waals surface area contributed by atoms with Crippen LogP contribution in [0.3, 0.4) is 0 Å². The molecular weight excluding hydrogens is 94.0 g/mol. The lowest BCUT2D eigenvalue weighted by atomic mass is 10.7. The van der Waals surface area contributed by atoms with Crippen LogP contribution in [0.25, 0.3) is 0 Å². The Labute approximate surface area is 41.0 Å². The van der Waals surface area contributed by atoms with Gasteiger partial charge in [0.25, 0.3) is 0 Å². The fraction of sp³-hybridized carbons (Fsp3) is 0.250. The minimum atomic E-state index is -0.502. The molecular formula is C4H3NO2. The van der Waals surface area contributed by atoms with Crippen molar-refractivity contribution in [2.24, 2.45) is 4.99 Å². The Morgan fingerprint density at radius 3 is 2.71 bits per heavy atom. The molecule has 0 spiro atoms. The average Bonchev–Trinajstić information content (AvgIpc) is 1.87. The molecule has 36 valence electrons. The maximum Gasteiger partial charge on any atom is 0.347 e. The van der Waals surface area contributed by atoms with Crippen molar-refractivity contribution in [3.05, 3.63) is 6.54 Å². The van der Waals surface area contributed by atoms with E-state index in [0.29, 0.717) is 5.90 Å². The van der Waals surface area contributed by atoms with Gasteiger partial charge >= 0.3 is 5.97 Å². The van der Waals surface area contributed by atoms with Crippen LogP contribution in [-0.4, -0.2) is 11.9 Å². The van der Waals surface area contributed by atoms with E-state index in [1.165, 1.54) is 0 Å². The molecule has 0 aromatic carbocycles. The van der Waals surface area contributed by atoms with Crippen LogP contribution >= 0.6 is 0 Å². The van der Waals surface area contributed by atoms with Gasteiger partial charge in [-0.05, 0) is 0 Å². The number of nitrogens with zero attached hydrogens (tertiary/aromatic N) is 1. The van der Waals surface area contributed by atoms with Gasteiger partial charge in [0.1, 0.15) is 0 Å². The zero-order valence-electron chi connectivity index (χ0n) is 3.76. The van der Waals surface area contributed by atoms with E-state index < -0.39 is 5.97 Å². The van der Waals surface area contributed by atoms with Gasteiger partial charge < -0.3 is 4.74 Å². The van der Waals surface area contributed by atoms with E-state index in [1.54, 1.807) is 6.92 Å². The van der Waals surface area contributed by atoms with Crippen molar-refractivity contribution < 1.29 is 9.53 Å². The Hall–Kier alpha value is -0.860. The number of cyclic esters (lactones) is 1. The van der Waals surface area contributed by atoms with Crippen LogP contribution in [0, 0.1) is 6.54 Å². The Kier molecular flexibility index (Phi) is 0.817. The van der Waals surface area contributed by atoms with Crippen molar-refractivity contribution in [2.75, 3.05) is 0 Å².